The Morgan fingerprint density at radius 3 is 2.64 bits per heavy atom. The smallest absolute Gasteiger partial charge is 0.270 e. The molecule has 0 bridgehead atoms. The summed E-state index contributed by atoms with van der Waals surface area (Å²) >= 11 is 1.64. The molecule has 1 N–H and O–H groups in total. The highest BCUT2D eigenvalue weighted by Gasteiger charge is 2.26. The van der Waals surface area contributed by atoms with E-state index in [-0.39, 0.29) is 11.7 Å². The number of rotatable bonds is 3. The minimum atomic E-state index is -0.242. The summed E-state index contributed by atoms with van der Waals surface area (Å²) in [5.74, 6) is -0.147. The summed E-state index contributed by atoms with van der Waals surface area (Å²) in [4.78, 5) is 16.5. The Kier molecular flexibility index (Phi) is 4.31. The molecule has 6 heteroatoms. The topological polar surface area (TPSA) is 29.7 Å². The zero-order valence-corrected chi connectivity index (χ0v) is 15.0. The summed E-state index contributed by atoms with van der Waals surface area (Å²) in [6.45, 7) is 4.12. The number of aromatic nitrogens is 1. The van der Waals surface area contributed by atoms with Gasteiger partial charge in [-0.25, -0.2) is 4.39 Å². The van der Waals surface area contributed by atoms with Gasteiger partial charge in [0.2, 0.25) is 0 Å². The summed E-state index contributed by atoms with van der Waals surface area (Å²) in [5.41, 5.74) is 2.78. The number of nitrogens with one attached hydrogen (secondary N) is 1. The van der Waals surface area contributed by atoms with E-state index in [1.165, 1.54) is 17.0 Å². The predicted molar refractivity (Wildman–Crippen MR) is 97.8 cm³/mol. The number of benzene rings is 1. The molecule has 1 aromatic carbocycles. The van der Waals surface area contributed by atoms with E-state index in [4.69, 9.17) is 0 Å². The monoisotopic (exact) mass is 358 g/mol. The van der Waals surface area contributed by atoms with Crippen LogP contribution in [-0.4, -0.2) is 48.6 Å². The SMILES string of the molecule is C[NH+]1CCN(C(=O)c2cc3sccc3n2Cc2ccc(F)cc2)CC1. The van der Waals surface area contributed by atoms with Gasteiger partial charge in [-0.1, -0.05) is 12.1 Å². The van der Waals surface area contributed by atoms with E-state index in [1.807, 2.05) is 16.3 Å². The Labute approximate surface area is 150 Å². The molecule has 0 radical (unpaired) electrons. The Hall–Kier alpha value is -2.18. The minimum absolute atomic E-state index is 0.0954. The molecular weight excluding hydrogens is 337 g/mol. The summed E-state index contributed by atoms with van der Waals surface area (Å²) in [7, 11) is 2.16. The number of hydrogen-bond acceptors (Lipinski definition) is 2. The lowest BCUT2D eigenvalue weighted by molar-refractivity contribution is -0.883. The quantitative estimate of drug-likeness (QED) is 0.761. The average molecular weight is 358 g/mol. The second kappa shape index (κ2) is 6.61. The van der Waals surface area contributed by atoms with Crippen molar-refractivity contribution < 1.29 is 14.1 Å². The highest BCUT2D eigenvalue weighted by molar-refractivity contribution is 7.17. The standard InChI is InChI=1S/C19H20FN3OS/c1-21-7-9-22(10-8-21)19(24)17-12-18-16(6-11-25-18)23(17)13-14-2-4-15(20)5-3-14/h2-6,11-12H,7-10,13H2,1H3/p+1. The number of amides is 1. The van der Waals surface area contributed by atoms with Crippen LogP contribution in [0.4, 0.5) is 4.39 Å². The zero-order valence-electron chi connectivity index (χ0n) is 14.2. The van der Waals surface area contributed by atoms with Crippen molar-refractivity contribution in [2.75, 3.05) is 33.2 Å². The van der Waals surface area contributed by atoms with Crippen LogP contribution in [0.5, 0.6) is 0 Å². The molecule has 1 aliphatic heterocycles. The molecule has 25 heavy (non-hydrogen) atoms. The largest absolute Gasteiger partial charge is 0.334 e. The predicted octanol–water partition coefficient (Wildman–Crippen LogP) is 1.86. The van der Waals surface area contributed by atoms with Crippen LogP contribution in [0.15, 0.2) is 41.8 Å². The van der Waals surface area contributed by atoms with Crippen LogP contribution >= 0.6 is 11.3 Å². The highest BCUT2D eigenvalue weighted by Crippen LogP contribution is 2.27. The maximum absolute atomic E-state index is 13.2. The number of thiophene rings is 1. The first-order valence-electron chi connectivity index (χ1n) is 8.53. The van der Waals surface area contributed by atoms with Crippen molar-refractivity contribution in [3.8, 4) is 0 Å². The van der Waals surface area contributed by atoms with Gasteiger partial charge in [0, 0.05) is 6.54 Å². The maximum atomic E-state index is 13.2. The Morgan fingerprint density at radius 1 is 1.20 bits per heavy atom. The lowest BCUT2D eigenvalue weighted by Gasteiger charge is -2.30. The van der Waals surface area contributed by atoms with Crippen molar-refractivity contribution in [1.29, 1.82) is 0 Å². The summed E-state index contributed by atoms with van der Waals surface area (Å²) < 4.78 is 16.4. The third kappa shape index (κ3) is 3.19. The fourth-order valence-electron chi connectivity index (χ4n) is 3.35. The van der Waals surface area contributed by atoms with Gasteiger partial charge in [0.25, 0.3) is 5.91 Å². The molecule has 0 saturated carbocycles. The molecule has 2 aromatic heterocycles. The van der Waals surface area contributed by atoms with Gasteiger partial charge in [0.1, 0.15) is 11.5 Å². The van der Waals surface area contributed by atoms with Crippen LogP contribution < -0.4 is 4.90 Å². The average Bonchev–Trinajstić information content (AvgIpc) is 3.19. The maximum Gasteiger partial charge on any atom is 0.270 e. The number of carbonyl (C=O) groups is 1. The molecule has 0 unspecified atom stereocenters. The Morgan fingerprint density at radius 2 is 1.92 bits per heavy atom. The zero-order chi connectivity index (χ0) is 17.4. The van der Waals surface area contributed by atoms with Gasteiger partial charge in [-0.3, -0.25) is 4.79 Å². The van der Waals surface area contributed by atoms with E-state index in [0.717, 1.165) is 47.7 Å². The summed E-state index contributed by atoms with van der Waals surface area (Å²) in [5, 5.41) is 2.04. The third-order valence-electron chi connectivity index (χ3n) is 4.90. The first-order chi connectivity index (χ1) is 12.1. The number of halogens is 1. The molecule has 0 aliphatic carbocycles. The van der Waals surface area contributed by atoms with Gasteiger partial charge in [0.15, 0.2) is 0 Å². The first-order valence-corrected chi connectivity index (χ1v) is 9.41. The number of piperazine rings is 1. The Balaban J connectivity index is 1.67. The second-order valence-electron chi connectivity index (χ2n) is 6.66. The van der Waals surface area contributed by atoms with E-state index in [2.05, 4.69) is 17.7 Å². The number of nitrogens with zero attached hydrogens (tertiary/aromatic N) is 2. The van der Waals surface area contributed by atoms with Crippen molar-refractivity contribution in [3.05, 3.63) is 58.9 Å². The van der Waals surface area contributed by atoms with Crippen LogP contribution in [0.1, 0.15) is 16.1 Å². The minimum Gasteiger partial charge on any atom is -0.334 e. The Bertz CT molecular complexity index is 891. The third-order valence-corrected chi connectivity index (χ3v) is 5.75. The van der Waals surface area contributed by atoms with E-state index in [0.29, 0.717) is 6.54 Å². The number of carbonyl (C=O) groups excluding carboxylic acids is 1. The first kappa shape index (κ1) is 16.3. The van der Waals surface area contributed by atoms with Crippen LogP contribution in [-0.2, 0) is 6.54 Å². The normalized spacial score (nSPS) is 15.8. The number of likely N-dealkylation sites (N-methyl/N-ethyl adjacent to an activating group) is 1. The molecule has 0 atom stereocenters. The van der Waals surface area contributed by atoms with E-state index in [9.17, 15) is 9.18 Å². The van der Waals surface area contributed by atoms with Gasteiger partial charge in [-0.05, 0) is 35.2 Å². The molecule has 1 saturated heterocycles. The number of hydrogen-bond donors (Lipinski definition) is 1. The fraction of sp³-hybridized carbons (Fsp3) is 0.316. The second-order valence-corrected chi connectivity index (χ2v) is 7.61. The molecule has 1 fully saturated rings. The number of quaternary nitrogens is 1. The molecule has 1 aliphatic rings. The van der Waals surface area contributed by atoms with Crippen LogP contribution in [0, 0.1) is 5.82 Å². The van der Waals surface area contributed by atoms with Crippen LogP contribution in [0.3, 0.4) is 0 Å². The van der Waals surface area contributed by atoms with Crippen molar-refractivity contribution >= 4 is 27.5 Å². The van der Waals surface area contributed by atoms with Gasteiger partial charge in [-0.15, -0.1) is 11.3 Å². The van der Waals surface area contributed by atoms with E-state index >= 15 is 0 Å². The molecule has 0 spiro atoms. The van der Waals surface area contributed by atoms with Crippen LogP contribution in [0.2, 0.25) is 0 Å². The number of fused-ring (bicyclic) bond motifs is 1. The van der Waals surface area contributed by atoms with Gasteiger partial charge < -0.3 is 14.4 Å². The molecule has 4 rings (SSSR count). The molecular formula is C19H21FN3OS+. The van der Waals surface area contributed by atoms with Crippen molar-refractivity contribution in [3.63, 3.8) is 0 Å². The van der Waals surface area contributed by atoms with Crippen molar-refractivity contribution in [1.82, 2.24) is 9.47 Å². The molecule has 3 heterocycles. The summed E-state index contributed by atoms with van der Waals surface area (Å²) in [6.07, 6.45) is 0. The molecule has 3 aromatic rings. The molecule has 1 amide bonds. The lowest BCUT2D eigenvalue weighted by Crippen LogP contribution is -3.12. The van der Waals surface area contributed by atoms with Crippen molar-refractivity contribution in [2.45, 2.75) is 6.54 Å². The van der Waals surface area contributed by atoms with E-state index in [1.54, 1.807) is 23.5 Å². The lowest BCUT2D eigenvalue weighted by atomic mass is 10.2. The van der Waals surface area contributed by atoms with Gasteiger partial charge >= 0.3 is 0 Å². The highest BCUT2D eigenvalue weighted by atomic mass is 32.1. The van der Waals surface area contributed by atoms with Gasteiger partial charge in [-0.2, -0.15) is 0 Å². The van der Waals surface area contributed by atoms with E-state index < -0.39 is 0 Å². The van der Waals surface area contributed by atoms with Crippen molar-refractivity contribution in [2.24, 2.45) is 0 Å². The molecule has 130 valence electrons. The fourth-order valence-corrected chi connectivity index (χ4v) is 4.17. The van der Waals surface area contributed by atoms with Crippen LogP contribution in [0.25, 0.3) is 10.2 Å². The summed E-state index contributed by atoms with van der Waals surface area (Å²) in [6, 6.07) is 10.5. The molecule has 4 nitrogen and oxygen atoms in total. The van der Waals surface area contributed by atoms with Gasteiger partial charge in [0.05, 0.1) is 43.4 Å².